The number of benzene rings is 2. The summed E-state index contributed by atoms with van der Waals surface area (Å²) in [5, 5.41) is 0. The Morgan fingerprint density at radius 3 is 2.70 bits per heavy atom. The van der Waals surface area contributed by atoms with Gasteiger partial charge >= 0.3 is 0 Å². The Bertz CT molecular complexity index is 642. The van der Waals surface area contributed by atoms with E-state index in [1.807, 2.05) is 48.5 Å². The highest BCUT2D eigenvalue weighted by atomic mass is 79.9. The molecule has 1 heterocycles. The van der Waals surface area contributed by atoms with Crippen LogP contribution in [0.25, 0.3) is 0 Å². The number of ether oxygens (including phenoxy) is 1. The van der Waals surface area contributed by atoms with Gasteiger partial charge in [0.05, 0.1) is 25.3 Å². The molecular formula is C16H14BrNO2. The van der Waals surface area contributed by atoms with Gasteiger partial charge < -0.3 is 9.64 Å². The molecule has 0 aromatic heterocycles. The van der Waals surface area contributed by atoms with E-state index in [9.17, 15) is 4.79 Å². The second kappa shape index (κ2) is 5.67. The normalized spacial score (nSPS) is 14.4. The fourth-order valence-electron chi connectivity index (χ4n) is 2.29. The number of hydrogen-bond donors (Lipinski definition) is 0. The molecule has 0 saturated heterocycles. The van der Waals surface area contributed by atoms with Crippen LogP contribution in [0.5, 0.6) is 5.75 Å². The molecule has 2 aromatic carbocycles. The molecule has 1 aliphatic heterocycles. The Kier molecular flexibility index (Phi) is 3.74. The Labute approximate surface area is 126 Å². The Balaban J connectivity index is 1.98. The number of fused-ring (bicyclic) bond motifs is 1. The van der Waals surface area contributed by atoms with E-state index in [1.54, 1.807) is 4.90 Å². The number of carbonyl (C=O) groups is 1. The summed E-state index contributed by atoms with van der Waals surface area (Å²) in [5.74, 6) is 0.858. The van der Waals surface area contributed by atoms with Crippen LogP contribution in [0.1, 0.15) is 12.0 Å². The lowest BCUT2D eigenvalue weighted by Crippen LogP contribution is -2.29. The first-order valence-electron chi connectivity index (χ1n) is 6.51. The molecule has 102 valence electrons. The van der Waals surface area contributed by atoms with E-state index in [0.717, 1.165) is 21.5 Å². The zero-order valence-corrected chi connectivity index (χ0v) is 12.5. The van der Waals surface area contributed by atoms with Crippen LogP contribution in [0.3, 0.4) is 0 Å². The molecule has 0 spiro atoms. The second-order valence-electron chi connectivity index (χ2n) is 4.64. The zero-order chi connectivity index (χ0) is 13.9. The van der Waals surface area contributed by atoms with Gasteiger partial charge in [-0.15, -0.1) is 0 Å². The van der Waals surface area contributed by atoms with Crippen LogP contribution in [0.2, 0.25) is 0 Å². The summed E-state index contributed by atoms with van der Waals surface area (Å²) in [7, 11) is 0. The third kappa shape index (κ3) is 2.56. The van der Waals surface area contributed by atoms with Gasteiger partial charge in [-0.05, 0) is 23.8 Å². The molecule has 0 saturated carbocycles. The van der Waals surface area contributed by atoms with Crippen molar-refractivity contribution >= 4 is 27.5 Å². The summed E-state index contributed by atoms with van der Waals surface area (Å²) >= 11 is 3.53. The van der Waals surface area contributed by atoms with Gasteiger partial charge in [0, 0.05) is 4.47 Å². The van der Waals surface area contributed by atoms with Gasteiger partial charge in [-0.3, -0.25) is 4.79 Å². The van der Waals surface area contributed by atoms with Crippen LogP contribution in [-0.4, -0.2) is 12.5 Å². The second-order valence-corrected chi connectivity index (χ2v) is 5.49. The predicted octanol–water partition coefficient (Wildman–Crippen LogP) is 3.76. The van der Waals surface area contributed by atoms with E-state index in [0.29, 0.717) is 19.6 Å². The largest absolute Gasteiger partial charge is 0.491 e. The first-order valence-corrected chi connectivity index (χ1v) is 7.30. The minimum atomic E-state index is 0.0886. The molecule has 3 nitrogen and oxygen atoms in total. The van der Waals surface area contributed by atoms with Crippen molar-refractivity contribution in [1.82, 2.24) is 0 Å². The summed E-state index contributed by atoms with van der Waals surface area (Å²) < 4.78 is 6.65. The highest BCUT2D eigenvalue weighted by Crippen LogP contribution is 2.32. The van der Waals surface area contributed by atoms with Gasteiger partial charge in [0.25, 0.3) is 0 Å². The molecule has 0 aliphatic carbocycles. The molecule has 1 amide bonds. The number of anilines is 1. The molecule has 0 unspecified atom stereocenters. The van der Waals surface area contributed by atoms with Gasteiger partial charge in [-0.25, -0.2) is 0 Å². The highest BCUT2D eigenvalue weighted by molar-refractivity contribution is 9.10. The molecule has 0 radical (unpaired) electrons. The van der Waals surface area contributed by atoms with E-state index in [1.165, 1.54) is 0 Å². The van der Waals surface area contributed by atoms with Crippen molar-refractivity contribution in [1.29, 1.82) is 0 Å². The van der Waals surface area contributed by atoms with Gasteiger partial charge in [0.15, 0.2) is 0 Å². The number of hydrogen-bond acceptors (Lipinski definition) is 2. The summed E-state index contributed by atoms with van der Waals surface area (Å²) in [5.41, 5.74) is 1.92. The summed E-state index contributed by atoms with van der Waals surface area (Å²) in [4.78, 5) is 14.1. The van der Waals surface area contributed by atoms with Crippen LogP contribution in [0.4, 0.5) is 5.69 Å². The number of para-hydroxylation sites is 2. The molecule has 0 bridgehead atoms. The molecule has 0 fully saturated rings. The predicted molar refractivity (Wildman–Crippen MR) is 81.9 cm³/mol. The number of nitrogens with zero attached hydrogens (tertiary/aromatic N) is 1. The average molecular weight is 332 g/mol. The molecular weight excluding hydrogens is 318 g/mol. The average Bonchev–Trinajstić information content (AvgIpc) is 2.61. The quantitative estimate of drug-likeness (QED) is 0.838. The molecule has 0 atom stereocenters. The van der Waals surface area contributed by atoms with Crippen molar-refractivity contribution in [3.63, 3.8) is 0 Å². The van der Waals surface area contributed by atoms with Gasteiger partial charge in [-0.1, -0.05) is 46.3 Å². The lowest BCUT2D eigenvalue weighted by atomic mass is 10.2. The first kappa shape index (κ1) is 13.2. The van der Waals surface area contributed by atoms with Crippen molar-refractivity contribution in [3.8, 4) is 5.75 Å². The topological polar surface area (TPSA) is 29.5 Å². The van der Waals surface area contributed by atoms with Crippen molar-refractivity contribution in [2.45, 2.75) is 13.0 Å². The third-order valence-electron chi connectivity index (χ3n) is 3.32. The smallest absolute Gasteiger partial charge is 0.230 e. The Morgan fingerprint density at radius 1 is 1.10 bits per heavy atom. The monoisotopic (exact) mass is 331 g/mol. The van der Waals surface area contributed by atoms with Crippen LogP contribution in [0.15, 0.2) is 53.0 Å². The fourth-order valence-corrected chi connectivity index (χ4v) is 2.70. The third-order valence-corrected chi connectivity index (χ3v) is 4.09. The van der Waals surface area contributed by atoms with E-state index in [2.05, 4.69) is 15.9 Å². The Morgan fingerprint density at radius 2 is 1.85 bits per heavy atom. The van der Waals surface area contributed by atoms with Crippen molar-refractivity contribution in [2.75, 3.05) is 11.5 Å². The van der Waals surface area contributed by atoms with E-state index >= 15 is 0 Å². The van der Waals surface area contributed by atoms with Crippen molar-refractivity contribution in [3.05, 3.63) is 58.6 Å². The van der Waals surface area contributed by atoms with E-state index < -0.39 is 0 Å². The van der Waals surface area contributed by atoms with Crippen molar-refractivity contribution in [2.24, 2.45) is 0 Å². The Hall–Kier alpha value is -1.81. The lowest BCUT2D eigenvalue weighted by Gasteiger charge is -2.22. The highest BCUT2D eigenvalue weighted by Gasteiger charge is 2.23. The maximum Gasteiger partial charge on any atom is 0.230 e. The molecule has 1 aliphatic rings. The lowest BCUT2D eigenvalue weighted by molar-refractivity contribution is -0.118. The van der Waals surface area contributed by atoms with Crippen molar-refractivity contribution < 1.29 is 9.53 Å². The number of amides is 1. The molecule has 20 heavy (non-hydrogen) atoms. The SMILES string of the molecule is O=C1CCOc2ccccc2N1Cc1ccccc1Br. The van der Waals surface area contributed by atoms with Crippen LogP contribution < -0.4 is 9.64 Å². The summed E-state index contributed by atoms with van der Waals surface area (Å²) in [6.45, 7) is 0.975. The molecule has 3 rings (SSSR count). The number of carbonyl (C=O) groups excluding carboxylic acids is 1. The minimum Gasteiger partial charge on any atom is -0.491 e. The molecule has 2 aromatic rings. The first-order chi connectivity index (χ1) is 9.75. The molecule has 4 heteroatoms. The zero-order valence-electron chi connectivity index (χ0n) is 10.9. The fraction of sp³-hybridized carbons (Fsp3) is 0.188. The van der Waals surface area contributed by atoms with Gasteiger partial charge in [0.1, 0.15) is 5.75 Å². The maximum atomic E-state index is 12.3. The molecule has 0 N–H and O–H groups in total. The van der Waals surface area contributed by atoms with E-state index in [-0.39, 0.29) is 5.91 Å². The number of halogens is 1. The number of rotatable bonds is 2. The maximum absolute atomic E-state index is 12.3. The standard InChI is InChI=1S/C16H14BrNO2/c17-13-6-2-1-5-12(13)11-18-14-7-3-4-8-15(14)20-10-9-16(18)19/h1-8H,9-11H2. The van der Waals surface area contributed by atoms with E-state index in [4.69, 9.17) is 4.74 Å². The van der Waals surface area contributed by atoms with Crippen LogP contribution >= 0.6 is 15.9 Å². The van der Waals surface area contributed by atoms with Crippen LogP contribution in [-0.2, 0) is 11.3 Å². The van der Waals surface area contributed by atoms with Gasteiger partial charge in [0.2, 0.25) is 5.91 Å². The minimum absolute atomic E-state index is 0.0886. The summed E-state index contributed by atoms with van der Waals surface area (Å²) in [6.07, 6.45) is 0.402. The van der Waals surface area contributed by atoms with Gasteiger partial charge in [-0.2, -0.15) is 0 Å². The summed E-state index contributed by atoms with van der Waals surface area (Å²) in [6, 6.07) is 15.6. The van der Waals surface area contributed by atoms with Crippen LogP contribution in [0, 0.1) is 0 Å².